The second-order valence-corrected chi connectivity index (χ2v) is 8.18. The van der Waals surface area contributed by atoms with Crippen molar-refractivity contribution in [2.75, 3.05) is 5.32 Å². The molecule has 0 spiro atoms. The molecule has 1 N–H and O–H groups in total. The lowest BCUT2D eigenvalue weighted by molar-refractivity contribution is -0.115. The highest BCUT2D eigenvalue weighted by Crippen LogP contribution is 2.23. The van der Waals surface area contributed by atoms with E-state index in [-0.39, 0.29) is 18.1 Å². The number of aryl methyl sites for hydroxylation is 1. The molecule has 3 aromatic rings. The number of nitrogens with one attached hydrogen (secondary N) is 1. The Bertz CT molecular complexity index is 959. The molecule has 0 aliphatic carbocycles. The lowest BCUT2D eigenvalue weighted by Gasteiger charge is -2.05. The second kappa shape index (κ2) is 8.65. The number of anilines is 1. The van der Waals surface area contributed by atoms with Crippen molar-refractivity contribution in [3.63, 3.8) is 0 Å². The van der Waals surface area contributed by atoms with E-state index < -0.39 is 0 Å². The van der Waals surface area contributed by atoms with Gasteiger partial charge in [0, 0.05) is 16.8 Å². The third kappa shape index (κ3) is 4.84. The number of amides is 1. The molecule has 2 heterocycles. The molecule has 1 amide bonds. The Kier molecular flexibility index (Phi) is 6.24. The zero-order chi connectivity index (χ0) is 20.3. The summed E-state index contributed by atoms with van der Waals surface area (Å²) < 4.78 is 14.8. The van der Waals surface area contributed by atoms with Gasteiger partial charge in [0.25, 0.3) is 0 Å². The van der Waals surface area contributed by atoms with E-state index in [1.54, 1.807) is 0 Å². The van der Waals surface area contributed by atoms with Gasteiger partial charge in [-0.1, -0.05) is 13.8 Å². The van der Waals surface area contributed by atoms with Gasteiger partial charge >= 0.3 is 0 Å². The molecule has 0 radical (unpaired) electrons. The molecular weight excluding hydrogens is 375 g/mol. The average molecular weight is 401 g/mol. The van der Waals surface area contributed by atoms with E-state index >= 15 is 0 Å². The molecule has 148 valence electrons. The van der Waals surface area contributed by atoms with Crippen LogP contribution >= 0.6 is 11.3 Å². The maximum absolute atomic E-state index is 13.0. The van der Waals surface area contributed by atoms with Crippen LogP contribution in [0.5, 0.6) is 0 Å². The highest BCUT2D eigenvalue weighted by atomic mass is 32.1. The number of aromatic nitrogens is 3. The van der Waals surface area contributed by atoms with Crippen molar-refractivity contribution in [2.45, 2.75) is 47.0 Å². The topological polar surface area (TPSA) is 59.8 Å². The summed E-state index contributed by atoms with van der Waals surface area (Å²) in [5, 5.41) is 10.1. The smallest absolute Gasteiger partial charge is 0.230 e. The Morgan fingerprint density at radius 1 is 1.25 bits per heavy atom. The van der Waals surface area contributed by atoms with Gasteiger partial charge < -0.3 is 5.32 Å². The molecule has 0 fully saturated rings. The summed E-state index contributed by atoms with van der Waals surface area (Å²) in [6, 6.07) is 5.70. The van der Waals surface area contributed by atoms with Crippen molar-refractivity contribution in [2.24, 2.45) is 5.92 Å². The molecule has 0 saturated heterocycles. The predicted octanol–water partition coefficient (Wildman–Crippen LogP) is 4.85. The number of hydrogen-bond donors (Lipinski definition) is 1. The SMILES string of the molecule is Cc1nn(-c2nc(CC(=O)Nc3ccc(F)cc3)cs2)c(C)c1CCC(C)C. The number of rotatable bonds is 7. The highest BCUT2D eigenvalue weighted by molar-refractivity contribution is 7.12. The Hall–Kier alpha value is -2.54. The molecule has 0 aliphatic rings. The fraction of sp³-hybridized carbons (Fsp3) is 0.381. The minimum atomic E-state index is -0.334. The number of thiazole rings is 1. The second-order valence-electron chi connectivity index (χ2n) is 7.35. The van der Waals surface area contributed by atoms with Crippen LogP contribution in [0.15, 0.2) is 29.6 Å². The van der Waals surface area contributed by atoms with Gasteiger partial charge in [-0.15, -0.1) is 11.3 Å². The largest absolute Gasteiger partial charge is 0.326 e. The zero-order valence-electron chi connectivity index (χ0n) is 16.6. The van der Waals surface area contributed by atoms with Crippen LogP contribution in [0.3, 0.4) is 0 Å². The summed E-state index contributed by atoms with van der Waals surface area (Å²) in [5.41, 5.74) is 4.67. The molecule has 5 nitrogen and oxygen atoms in total. The van der Waals surface area contributed by atoms with Crippen molar-refractivity contribution in [1.82, 2.24) is 14.8 Å². The monoisotopic (exact) mass is 400 g/mol. The van der Waals surface area contributed by atoms with Gasteiger partial charge in [0.2, 0.25) is 11.0 Å². The molecule has 0 saturated carbocycles. The fourth-order valence-corrected chi connectivity index (χ4v) is 3.86. The molecule has 1 aromatic carbocycles. The van der Waals surface area contributed by atoms with E-state index in [1.807, 2.05) is 17.0 Å². The van der Waals surface area contributed by atoms with Crippen molar-refractivity contribution in [3.05, 3.63) is 58.1 Å². The number of carbonyl (C=O) groups excluding carboxylic acids is 1. The zero-order valence-corrected chi connectivity index (χ0v) is 17.4. The minimum Gasteiger partial charge on any atom is -0.326 e. The van der Waals surface area contributed by atoms with Gasteiger partial charge in [-0.3, -0.25) is 4.79 Å². The van der Waals surface area contributed by atoms with Crippen molar-refractivity contribution < 1.29 is 9.18 Å². The third-order valence-corrected chi connectivity index (χ3v) is 5.47. The molecular formula is C21H25FN4OS. The first-order valence-electron chi connectivity index (χ1n) is 9.38. The molecule has 0 atom stereocenters. The Balaban J connectivity index is 1.69. The summed E-state index contributed by atoms with van der Waals surface area (Å²) in [7, 11) is 0. The first kappa shape index (κ1) is 20.2. The fourth-order valence-electron chi connectivity index (χ4n) is 3.03. The quantitative estimate of drug-likeness (QED) is 0.616. The third-order valence-electron chi connectivity index (χ3n) is 4.60. The summed E-state index contributed by atoms with van der Waals surface area (Å²) in [5.74, 6) is 0.127. The number of nitrogens with zero attached hydrogens (tertiary/aromatic N) is 3. The van der Waals surface area contributed by atoms with E-state index in [0.29, 0.717) is 17.3 Å². The molecule has 28 heavy (non-hydrogen) atoms. The van der Waals surface area contributed by atoms with Crippen LogP contribution in [0, 0.1) is 25.6 Å². The van der Waals surface area contributed by atoms with E-state index in [9.17, 15) is 9.18 Å². The van der Waals surface area contributed by atoms with Crippen molar-refractivity contribution in [1.29, 1.82) is 0 Å². The highest BCUT2D eigenvalue weighted by Gasteiger charge is 2.16. The standard InChI is InChI=1S/C21H25FN4OS/c1-13(2)5-10-19-14(3)25-26(15(19)4)21-24-18(12-28-21)11-20(27)23-17-8-6-16(22)7-9-17/h6-9,12-13H,5,10-11H2,1-4H3,(H,23,27). The number of carbonyl (C=O) groups is 1. The molecule has 0 bridgehead atoms. The summed E-state index contributed by atoms with van der Waals surface area (Å²) >= 11 is 1.47. The first-order valence-corrected chi connectivity index (χ1v) is 10.3. The van der Waals surface area contributed by atoms with E-state index in [4.69, 9.17) is 0 Å². The summed E-state index contributed by atoms with van der Waals surface area (Å²) in [4.78, 5) is 16.8. The van der Waals surface area contributed by atoms with Crippen LogP contribution in [0.2, 0.25) is 0 Å². The summed E-state index contributed by atoms with van der Waals surface area (Å²) in [6.07, 6.45) is 2.29. The number of halogens is 1. The van der Waals surface area contributed by atoms with E-state index in [2.05, 4.69) is 36.2 Å². The van der Waals surface area contributed by atoms with Gasteiger partial charge in [0.15, 0.2) is 0 Å². The molecule has 0 aliphatic heterocycles. The lowest BCUT2D eigenvalue weighted by Crippen LogP contribution is -2.14. The molecule has 7 heteroatoms. The van der Waals surface area contributed by atoms with Crippen molar-refractivity contribution in [3.8, 4) is 5.13 Å². The van der Waals surface area contributed by atoms with Gasteiger partial charge in [0.1, 0.15) is 5.82 Å². The van der Waals surface area contributed by atoms with Crippen LogP contribution in [0.25, 0.3) is 5.13 Å². The van der Waals surface area contributed by atoms with E-state index in [0.717, 1.165) is 29.4 Å². The molecule has 2 aromatic heterocycles. The van der Waals surface area contributed by atoms with E-state index in [1.165, 1.54) is 41.2 Å². The van der Waals surface area contributed by atoms with Crippen LogP contribution in [0.1, 0.15) is 42.9 Å². The maximum atomic E-state index is 13.0. The minimum absolute atomic E-state index is 0.160. The summed E-state index contributed by atoms with van der Waals surface area (Å²) in [6.45, 7) is 8.54. The van der Waals surface area contributed by atoms with Gasteiger partial charge in [-0.2, -0.15) is 5.10 Å². The Morgan fingerprint density at radius 3 is 2.64 bits per heavy atom. The van der Waals surface area contributed by atoms with Gasteiger partial charge in [-0.25, -0.2) is 14.1 Å². The molecule has 0 unspecified atom stereocenters. The normalized spacial score (nSPS) is 11.2. The van der Waals surface area contributed by atoms with Gasteiger partial charge in [0.05, 0.1) is 17.8 Å². The average Bonchev–Trinajstić information content (AvgIpc) is 3.19. The number of benzene rings is 1. The lowest BCUT2D eigenvalue weighted by atomic mass is 10.0. The van der Waals surface area contributed by atoms with Crippen LogP contribution in [0.4, 0.5) is 10.1 Å². The van der Waals surface area contributed by atoms with Crippen LogP contribution in [-0.2, 0) is 17.6 Å². The van der Waals surface area contributed by atoms with Gasteiger partial charge in [-0.05, 0) is 62.4 Å². The Labute approximate surface area is 168 Å². The van der Waals surface area contributed by atoms with Crippen LogP contribution < -0.4 is 5.32 Å². The predicted molar refractivity (Wildman–Crippen MR) is 111 cm³/mol. The van der Waals surface area contributed by atoms with Crippen molar-refractivity contribution >= 4 is 22.9 Å². The maximum Gasteiger partial charge on any atom is 0.230 e. The molecule has 3 rings (SSSR count). The number of hydrogen-bond acceptors (Lipinski definition) is 4. The Morgan fingerprint density at radius 2 is 1.96 bits per heavy atom. The first-order chi connectivity index (χ1) is 13.3. The van der Waals surface area contributed by atoms with Crippen LogP contribution in [-0.4, -0.2) is 20.7 Å².